The van der Waals surface area contributed by atoms with E-state index in [1.54, 1.807) is 39.5 Å². The van der Waals surface area contributed by atoms with Crippen LogP contribution in [0.15, 0.2) is 60.7 Å². The molecule has 0 aliphatic heterocycles. The van der Waals surface area contributed by atoms with Crippen LogP contribution in [-0.4, -0.2) is 39.5 Å². The monoisotopic (exact) mass is 461 g/mol. The minimum atomic E-state index is -0.382. The van der Waals surface area contributed by atoms with Gasteiger partial charge in [0, 0.05) is 6.08 Å². The number of nitrogens with one attached hydrogen (secondary N) is 1. The Morgan fingerprint density at radius 2 is 1.29 bits per heavy atom. The fraction of sp³-hybridized carbons (Fsp3) is 0.148. The van der Waals surface area contributed by atoms with Gasteiger partial charge < -0.3 is 29.4 Å². The predicted octanol–water partition coefficient (Wildman–Crippen LogP) is 5.25. The van der Waals surface area contributed by atoms with Crippen molar-refractivity contribution in [1.82, 2.24) is 0 Å². The van der Waals surface area contributed by atoms with Crippen molar-refractivity contribution in [1.29, 1.82) is 0 Å². The Morgan fingerprint density at radius 1 is 0.735 bits per heavy atom. The predicted molar refractivity (Wildman–Crippen MR) is 134 cm³/mol. The van der Waals surface area contributed by atoms with Crippen LogP contribution in [0.5, 0.6) is 28.7 Å². The van der Waals surface area contributed by atoms with E-state index in [2.05, 4.69) is 5.32 Å². The molecule has 0 radical (unpaired) electrons. The first-order valence-electron chi connectivity index (χ1n) is 10.4. The number of ether oxygens (including phenoxy) is 4. The van der Waals surface area contributed by atoms with Crippen LogP contribution in [0.4, 0.5) is 5.69 Å². The number of phenols is 1. The number of methoxy groups -OCH3 is 4. The van der Waals surface area contributed by atoms with E-state index in [0.29, 0.717) is 22.8 Å². The first kappa shape index (κ1) is 24.3. The van der Waals surface area contributed by atoms with Gasteiger partial charge in [-0.15, -0.1) is 0 Å². The molecule has 2 N–H and O–H groups in total. The first-order valence-corrected chi connectivity index (χ1v) is 10.4. The zero-order valence-corrected chi connectivity index (χ0v) is 19.5. The van der Waals surface area contributed by atoms with Crippen LogP contribution in [0.3, 0.4) is 0 Å². The fourth-order valence-electron chi connectivity index (χ4n) is 3.28. The van der Waals surface area contributed by atoms with Crippen molar-refractivity contribution in [2.24, 2.45) is 0 Å². The number of phenolic OH excluding ortho intramolecular Hbond substituents is 1. The smallest absolute Gasteiger partial charge is 0.248 e. The zero-order chi connectivity index (χ0) is 24.5. The van der Waals surface area contributed by atoms with Crippen LogP contribution in [0, 0.1) is 0 Å². The molecule has 0 heterocycles. The van der Waals surface area contributed by atoms with Crippen LogP contribution in [0.25, 0.3) is 18.2 Å². The van der Waals surface area contributed by atoms with Crippen molar-refractivity contribution in [3.05, 3.63) is 77.4 Å². The van der Waals surface area contributed by atoms with Gasteiger partial charge in [-0.1, -0.05) is 42.5 Å². The normalized spacial score (nSPS) is 10.9. The van der Waals surface area contributed by atoms with Gasteiger partial charge in [0.05, 0.1) is 34.1 Å². The number of amides is 1. The van der Waals surface area contributed by atoms with Gasteiger partial charge in [0.2, 0.25) is 11.7 Å². The molecule has 3 rings (SSSR count). The summed E-state index contributed by atoms with van der Waals surface area (Å²) in [6.45, 7) is 0. The van der Waals surface area contributed by atoms with Gasteiger partial charge in [-0.3, -0.25) is 4.79 Å². The van der Waals surface area contributed by atoms with Crippen LogP contribution >= 0.6 is 0 Å². The molecular formula is C27H27NO6. The molecule has 0 aliphatic carbocycles. The second-order valence-corrected chi connectivity index (χ2v) is 7.14. The number of hydrogen-bond acceptors (Lipinski definition) is 6. The van der Waals surface area contributed by atoms with E-state index in [0.717, 1.165) is 11.1 Å². The Bertz CT molecular complexity index is 1180. The van der Waals surface area contributed by atoms with E-state index in [1.165, 1.54) is 13.2 Å². The molecule has 34 heavy (non-hydrogen) atoms. The number of carbonyl (C=O) groups excluding carboxylic acids is 1. The number of hydrogen-bond donors (Lipinski definition) is 2. The molecule has 7 heteroatoms. The summed E-state index contributed by atoms with van der Waals surface area (Å²) in [6.07, 6.45) is 6.76. The van der Waals surface area contributed by atoms with Gasteiger partial charge in [-0.05, 0) is 47.0 Å². The van der Waals surface area contributed by atoms with Crippen LogP contribution in [0.2, 0.25) is 0 Å². The van der Waals surface area contributed by atoms with Crippen molar-refractivity contribution in [2.75, 3.05) is 33.8 Å². The number of aromatic hydroxyl groups is 1. The highest BCUT2D eigenvalue weighted by atomic mass is 16.5. The summed E-state index contributed by atoms with van der Waals surface area (Å²) in [5, 5.41) is 13.2. The van der Waals surface area contributed by atoms with Gasteiger partial charge in [0.15, 0.2) is 23.0 Å². The lowest BCUT2D eigenvalue weighted by Crippen LogP contribution is -2.08. The van der Waals surface area contributed by atoms with Gasteiger partial charge in [0.1, 0.15) is 0 Å². The number of rotatable bonds is 9. The van der Waals surface area contributed by atoms with E-state index in [9.17, 15) is 9.90 Å². The molecule has 1 amide bonds. The molecule has 0 aromatic heterocycles. The lowest BCUT2D eigenvalue weighted by Gasteiger charge is -2.13. The average Bonchev–Trinajstić information content (AvgIpc) is 2.87. The maximum atomic E-state index is 12.4. The zero-order valence-electron chi connectivity index (χ0n) is 19.5. The van der Waals surface area contributed by atoms with Crippen molar-refractivity contribution in [2.45, 2.75) is 0 Å². The van der Waals surface area contributed by atoms with E-state index in [-0.39, 0.29) is 23.1 Å². The van der Waals surface area contributed by atoms with Crippen molar-refractivity contribution < 1.29 is 28.8 Å². The molecule has 3 aromatic rings. The second kappa shape index (κ2) is 11.5. The van der Waals surface area contributed by atoms with Gasteiger partial charge in [-0.25, -0.2) is 0 Å². The second-order valence-electron chi connectivity index (χ2n) is 7.14. The molecular weight excluding hydrogens is 434 g/mol. The third-order valence-electron chi connectivity index (χ3n) is 4.96. The topological polar surface area (TPSA) is 86.3 Å². The summed E-state index contributed by atoms with van der Waals surface area (Å²) >= 11 is 0. The van der Waals surface area contributed by atoms with E-state index >= 15 is 0 Å². The summed E-state index contributed by atoms with van der Waals surface area (Å²) in [5.41, 5.74) is 2.62. The summed E-state index contributed by atoms with van der Waals surface area (Å²) in [5.74, 6) is 1.25. The summed E-state index contributed by atoms with van der Waals surface area (Å²) < 4.78 is 21.4. The van der Waals surface area contributed by atoms with Gasteiger partial charge in [-0.2, -0.15) is 0 Å². The third kappa shape index (κ3) is 5.89. The lowest BCUT2D eigenvalue weighted by molar-refractivity contribution is -0.111. The molecule has 0 bridgehead atoms. The van der Waals surface area contributed by atoms with Crippen LogP contribution in [-0.2, 0) is 4.79 Å². The molecule has 0 unspecified atom stereocenters. The minimum absolute atomic E-state index is 0.158. The first-order chi connectivity index (χ1) is 16.5. The maximum Gasteiger partial charge on any atom is 0.248 e. The lowest BCUT2D eigenvalue weighted by atomic mass is 10.1. The molecule has 176 valence electrons. The summed E-state index contributed by atoms with van der Waals surface area (Å²) in [6, 6.07) is 16.4. The van der Waals surface area contributed by atoms with Crippen LogP contribution in [0.1, 0.15) is 16.7 Å². The number of anilines is 1. The van der Waals surface area contributed by atoms with Gasteiger partial charge in [0.25, 0.3) is 0 Å². The van der Waals surface area contributed by atoms with Crippen molar-refractivity contribution in [3.8, 4) is 28.7 Å². The Kier molecular flexibility index (Phi) is 8.18. The summed E-state index contributed by atoms with van der Waals surface area (Å²) in [7, 11) is 6.10. The molecule has 3 aromatic carbocycles. The maximum absolute atomic E-state index is 12.4. The Morgan fingerprint density at radius 3 is 1.85 bits per heavy atom. The minimum Gasteiger partial charge on any atom is -0.503 e. The van der Waals surface area contributed by atoms with E-state index < -0.39 is 0 Å². The quantitative estimate of drug-likeness (QED) is 0.257. The highest BCUT2D eigenvalue weighted by Gasteiger charge is 2.13. The summed E-state index contributed by atoms with van der Waals surface area (Å²) in [4.78, 5) is 12.4. The number of benzene rings is 3. The SMILES string of the molecule is COc1cc(C=Cc2cc(OC)c(OC)c(OC)c2)cc(NC(=O)/C=C/c2ccccc2)c1O. The standard InChI is InChI=1S/C27H27NO6/c1-31-22-15-19(10-11-20-16-23(32-2)27(34-4)24(17-20)33-3)14-21(26(22)30)28-25(29)13-12-18-8-6-5-7-9-18/h5-17,30H,1-4H3,(H,28,29)/b11-10?,13-12+. The molecule has 0 fully saturated rings. The van der Waals surface area contributed by atoms with Crippen molar-refractivity contribution in [3.63, 3.8) is 0 Å². The Balaban J connectivity index is 1.87. The molecule has 0 aliphatic rings. The van der Waals surface area contributed by atoms with Gasteiger partial charge >= 0.3 is 0 Å². The highest BCUT2D eigenvalue weighted by Crippen LogP contribution is 2.39. The fourth-order valence-corrected chi connectivity index (χ4v) is 3.28. The molecule has 7 nitrogen and oxygen atoms in total. The van der Waals surface area contributed by atoms with E-state index in [1.807, 2.05) is 54.6 Å². The number of carbonyl (C=O) groups is 1. The Labute approximate surface area is 198 Å². The van der Waals surface area contributed by atoms with E-state index in [4.69, 9.17) is 18.9 Å². The molecule has 0 saturated heterocycles. The highest BCUT2D eigenvalue weighted by molar-refractivity contribution is 6.03. The largest absolute Gasteiger partial charge is 0.503 e. The molecule has 0 spiro atoms. The third-order valence-corrected chi connectivity index (χ3v) is 4.96. The average molecular weight is 462 g/mol. The Hall–Kier alpha value is -4.39. The molecule has 0 saturated carbocycles. The van der Waals surface area contributed by atoms with Crippen molar-refractivity contribution >= 4 is 29.8 Å². The van der Waals surface area contributed by atoms with Crippen LogP contribution < -0.4 is 24.3 Å². The molecule has 0 atom stereocenters.